The highest BCUT2D eigenvalue weighted by Gasteiger charge is 2.09. The molecule has 4 heteroatoms. The number of hydrogen-bond donors (Lipinski definition) is 0. The Morgan fingerprint density at radius 1 is 0.842 bits per heavy atom. The van der Waals surface area contributed by atoms with E-state index >= 15 is 0 Å². The summed E-state index contributed by atoms with van der Waals surface area (Å²) in [6.45, 7) is 0. The Bertz CT molecular complexity index is 613. The Morgan fingerprint density at radius 3 is 1.84 bits per heavy atom. The first-order valence-corrected chi connectivity index (χ1v) is 6.63. The van der Waals surface area contributed by atoms with Crippen LogP contribution in [0, 0.1) is 0 Å². The van der Waals surface area contributed by atoms with Crippen molar-refractivity contribution in [2.24, 2.45) is 0 Å². The summed E-state index contributed by atoms with van der Waals surface area (Å²) >= 11 is 17.6. The lowest BCUT2D eigenvalue weighted by atomic mass is 10.1. The number of carbonyl (C=O) groups excluding carboxylic acids is 1. The standard InChI is InChI=1S/C15H9Cl3O/c16-12-5-1-10(2-6-12)9-14(18)15(19)11-3-7-13(17)8-4-11/h1-9H/b14-9+. The van der Waals surface area contributed by atoms with Crippen LogP contribution in [0.4, 0.5) is 0 Å². The summed E-state index contributed by atoms with van der Waals surface area (Å²) in [6.07, 6.45) is 1.61. The second kappa shape index (κ2) is 6.25. The van der Waals surface area contributed by atoms with E-state index in [0.717, 1.165) is 5.56 Å². The molecule has 96 valence electrons. The van der Waals surface area contributed by atoms with Crippen LogP contribution in [-0.4, -0.2) is 5.78 Å². The van der Waals surface area contributed by atoms with Gasteiger partial charge in [-0.2, -0.15) is 0 Å². The molecule has 0 bridgehead atoms. The first kappa shape index (κ1) is 14.1. The molecule has 0 atom stereocenters. The van der Waals surface area contributed by atoms with E-state index < -0.39 is 0 Å². The molecule has 0 aliphatic rings. The minimum absolute atomic E-state index is 0.143. The van der Waals surface area contributed by atoms with Crippen LogP contribution in [0.15, 0.2) is 53.6 Å². The zero-order chi connectivity index (χ0) is 13.8. The summed E-state index contributed by atoms with van der Waals surface area (Å²) < 4.78 is 0. The van der Waals surface area contributed by atoms with Crippen molar-refractivity contribution in [2.75, 3.05) is 0 Å². The highest BCUT2D eigenvalue weighted by atomic mass is 35.5. The van der Waals surface area contributed by atoms with Gasteiger partial charge in [0.1, 0.15) is 0 Å². The monoisotopic (exact) mass is 310 g/mol. The molecule has 0 aliphatic heterocycles. The fourth-order valence-corrected chi connectivity index (χ4v) is 2.00. The Morgan fingerprint density at radius 2 is 1.32 bits per heavy atom. The average molecular weight is 312 g/mol. The number of carbonyl (C=O) groups is 1. The SMILES string of the molecule is O=C(/C(Cl)=C\c1ccc(Cl)cc1)c1ccc(Cl)cc1. The molecule has 0 N–H and O–H groups in total. The van der Waals surface area contributed by atoms with Crippen molar-refractivity contribution in [2.45, 2.75) is 0 Å². The normalized spacial score (nSPS) is 11.4. The molecule has 2 aromatic rings. The second-order valence-electron chi connectivity index (χ2n) is 3.88. The molecule has 0 unspecified atom stereocenters. The minimum atomic E-state index is -0.242. The van der Waals surface area contributed by atoms with E-state index in [9.17, 15) is 4.79 Å². The van der Waals surface area contributed by atoms with Crippen LogP contribution in [0.1, 0.15) is 15.9 Å². The number of benzene rings is 2. The molecule has 2 rings (SSSR count). The summed E-state index contributed by atoms with van der Waals surface area (Å²) in [4.78, 5) is 12.1. The van der Waals surface area contributed by atoms with E-state index in [1.165, 1.54) is 0 Å². The predicted octanol–water partition coefficient (Wildman–Crippen LogP) is 5.46. The zero-order valence-corrected chi connectivity index (χ0v) is 12.0. The quantitative estimate of drug-likeness (QED) is 0.543. The molecule has 0 aliphatic carbocycles. The Balaban J connectivity index is 2.23. The topological polar surface area (TPSA) is 17.1 Å². The molecule has 0 fully saturated rings. The highest BCUT2D eigenvalue weighted by Crippen LogP contribution is 2.19. The highest BCUT2D eigenvalue weighted by molar-refractivity contribution is 6.47. The molecular weight excluding hydrogens is 303 g/mol. The fraction of sp³-hybridized carbons (Fsp3) is 0. The van der Waals surface area contributed by atoms with E-state index in [1.807, 2.05) is 0 Å². The van der Waals surface area contributed by atoms with Crippen molar-refractivity contribution in [3.8, 4) is 0 Å². The summed E-state index contributed by atoms with van der Waals surface area (Å²) in [7, 11) is 0. The maximum Gasteiger partial charge on any atom is 0.204 e. The van der Waals surface area contributed by atoms with Gasteiger partial charge in [-0.1, -0.05) is 46.9 Å². The number of hydrogen-bond acceptors (Lipinski definition) is 1. The van der Waals surface area contributed by atoms with Gasteiger partial charge in [0.15, 0.2) is 0 Å². The fourth-order valence-electron chi connectivity index (χ4n) is 1.51. The molecule has 0 saturated heterocycles. The molecule has 0 heterocycles. The van der Waals surface area contributed by atoms with Gasteiger partial charge in [-0.25, -0.2) is 0 Å². The largest absolute Gasteiger partial charge is 0.288 e. The Hall–Kier alpha value is -1.28. The van der Waals surface area contributed by atoms with Gasteiger partial charge < -0.3 is 0 Å². The molecule has 0 spiro atoms. The third kappa shape index (κ3) is 3.84. The number of allylic oxidation sites excluding steroid dienone is 1. The molecule has 1 nitrogen and oxygen atoms in total. The van der Waals surface area contributed by atoms with E-state index in [2.05, 4.69) is 0 Å². The van der Waals surface area contributed by atoms with Gasteiger partial charge in [0.2, 0.25) is 5.78 Å². The van der Waals surface area contributed by atoms with Crippen LogP contribution in [-0.2, 0) is 0 Å². The van der Waals surface area contributed by atoms with Crippen molar-refractivity contribution in [3.63, 3.8) is 0 Å². The molecule has 0 amide bonds. The van der Waals surface area contributed by atoms with Crippen LogP contribution in [0.25, 0.3) is 6.08 Å². The third-order valence-corrected chi connectivity index (χ3v) is 3.27. The smallest absolute Gasteiger partial charge is 0.204 e. The number of ketones is 1. The average Bonchev–Trinajstić information content (AvgIpc) is 2.41. The van der Waals surface area contributed by atoms with Crippen LogP contribution in [0.2, 0.25) is 10.0 Å². The number of Topliss-reactive ketones (excluding diaryl/α,β-unsaturated/α-hetero) is 1. The number of halogens is 3. The van der Waals surface area contributed by atoms with Crippen LogP contribution < -0.4 is 0 Å². The van der Waals surface area contributed by atoms with Gasteiger partial charge in [-0.3, -0.25) is 4.79 Å². The van der Waals surface area contributed by atoms with E-state index in [0.29, 0.717) is 15.6 Å². The van der Waals surface area contributed by atoms with Gasteiger partial charge in [-0.15, -0.1) is 0 Å². The van der Waals surface area contributed by atoms with Gasteiger partial charge in [0.25, 0.3) is 0 Å². The van der Waals surface area contributed by atoms with Crippen LogP contribution in [0.5, 0.6) is 0 Å². The maximum atomic E-state index is 12.1. The van der Waals surface area contributed by atoms with Crippen LogP contribution >= 0.6 is 34.8 Å². The van der Waals surface area contributed by atoms with Gasteiger partial charge in [-0.05, 0) is 48.0 Å². The molecule has 19 heavy (non-hydrogen) atoms. The lowest BCUT2D eigenvalue weighted by Gasteiger charge is -2.00. The summed E-state index contributed by atoms with van der Waals surface area (Å²) in [5, 5.41) is 1.36. The van der Waals surface area contributed by atoms with Gasteiger partial charge >= 0.3 is 0 Å². The van der Waals surface area contributed by atoms with Crippen molar-refractivity contribution < 1.29 is 4.79 Å². The van der Waals surface area contributed by atoms with Crippen molar-refractivity contribution in [1.82, 2.24) is 0 Å². The summed E-state index contributed by atoms with van der Waals surface area (Å²) in [6, 6.07) is 13.7. The van der Waals surface area contributed by atoms with Crippen molar-refractivity contribution in [1.29, 1.82) is 0 Å². The zero-order valence-electron chi connectivity index (χ0n) is 9.74. The lowest BCUT2D eigenvalue weighted by molar-refractivity contribution is 0.104. The Labute approximate surface area is 126 Å². The predicted molar refractivity (Wildman–Crippen MR) is 81.1 cm³/mol. The molecular formula is C15H9Cl3O. The summed E-state index contributed by atoms with van der Waals surface area (Å²) in [5.41, 5.74) is 1.32. The molecule has 0 aromatic heterocycles. The minimum Gasteiger partial charge on any atom is -0.288 e. The van der Waals surface area contributed by atoms with Crippen molar-refractivity contribution >= 4 is 46.7 Å². The molecule has 0 saturated carbocycles. The lowest BCUT2D eigenvalue weighted by Crippen LogP contribution is -1.98. The first-order valence-electron chi connectivity index (χ1n) is 5.49. The van der Waals surface area contributed by atoms with Gasteiger partial charge in [0, 0.05) is 15.6 Å². The first-order chi connectivity index (χ1) is 9.06. The molecule has 0 radical (unpaired) electrons. The molecule has 2 aromatic carbocycles. The second-order valence-corrected chi connectivity index (χ2v) is 5.16. The van der Waals surface area contributed by atoms with E-state index in [1.54, 1.807) is 54.6 Å². The third-order valence-electron chi connectivity index (χ3n) is 2.49. The Kier molecular flexibility index (Phi) is 4.65. The van der Waals surface area contributed by atoms with E-state index in [4.69, 9.17) is 34.8 Å². The van der Waals surface area contributed by atoms with Crippen molar-refractivity contribution in [3.05, 3.63) is 74.7 Å². The van der Waals surface area contributed by atoms with E-state index in [-0.39, 0.29) is 10.8 Å². The van der Waals surface area contributed by atoms with Gasteiger partial charge in [0.05, 0.1) is 5.03 Å². The maximum absolute atomic E-state index is 12.1. The number of rotatable bonds is 3. The summed E-state index contributed by atoms with van der Waals surface area (Å²) in [5.74, 6) is -0.242. The van der Waals surface area contributed by atoms with Crippen LogP contribution in [0.3, 0.4) is 0 Å².